The van der Waals surface area contributed by atoms with E-state index in [-0.39, 0.29) is 24.4 Å². The Bertz CT molecular complexity index is 295. The minimum atomic E-state index is 0.0114. The molecule has 0 amide bonds. The van der Waals surface area contributed by atoms with Crippen LogP contribution in [0.4, 0.5) is 0 Å². The standard InChI is InChI=1S/C18H34O5/c1-7-9-19-11-15(3)21-13-17(5)23-14-18(6)22-12-16(4)20-10-8-2/h7-8,15-18H,1-2,9-14H2,3-6H3. The van der Waals surface area contributed by atoms with Crippen LogP contribution in [-0.2, 0) is 23.7 Å². The zero-order valence-electron chi connectivity index (χ0n) is 15.2. The molecule has 136 valence electrons. The summed E-state index contributed by atoms with van der Waals surface area (Å²) in [7, 11) is 0. The third-order valence-corrected chi connectivity index (χ3v) is 2.93. The van der Waals surface area contributed by atoms with Crippen molar-refractivity contribution < 1.29 is 23.7 Å². The Labute approximate surface area is 141 Å². The average molecular weight is 330 g/mol. The first-order chi connectivity index (χ1) is 11.0. The maximum absolute atomic E-state index is 5.73. The highest BCUT2D eigenvalue weighted by atomic mass is 16.6. The average Bonchev–Trinajstić information content (AvgIpc) is 2.54. The lowest BCUT2D eigenvalue weighted by Gasteiger charge is -2.21. The Morgan fingerprint density at radius 3 is 1.43 bits per heavy atom. The van der Waals surface area contributed by atoms with Crippen LogP contribution in [0.3, 0.4) is 0 Å². The van der Waals surface area contributed by atoms with Crippen molar-refractivity contribution in [2.45, 2.75) is 52.1 Å². The van der Waals surface area contributed by atoms with E-state index in [0.29, 0.717) is 39.6 Å². The van der Waals surface area contributed by atoms with Crippen LogP contribution in [0.5, 0.6) is 0 Å². The molecular weight excluding hydrogens is 296 g/mol. The second-order valence-corrected chi connectivity index (χ2v) is 5.69. The predicted octanol–water partition coefficient (Wildman–Crippen LogP) is 3.00. The summed E-state index contributed by atoms with van der Waals surface area (Å²) in [5.74, 6) is 0. The fourth-order valence-electron chi connectivity index (χ4n) is 1.64. The molecule has 0 aliphatic rings. The van der Waals surface area contributed by atoms with Crippen LogP contribution in [0.2, 0.25) is 0 Å². The molecule has 0 spiro atoms. The smallest absolute Gasteiger partial charge is 0.0784 e. The molecule has 0 N–H and O–H groups in total. The minimum absolute atomic E-state index is 0.0114. The SMILES string of the molecule is C=CCOCC(C)OCC(C)OCC(C)OCC(C)OCC=C. The summed E-state index contributed by atoms with van der Waals surface area (Å²) >= 11 is 0. The predicted molar refractivity (Wildman–Crippen MR) is 92.9 cm³/mol. The van der Waals surface area contributed by atoms with E-state index in [1.54, 1.807) is 12.2 Å². The highest BCUT2D eigenvalue weighted by Gasteiger charge is 2.11. The van der Waals surface area contributed by atoms with E-state index in [1.165, 1.54) is 0 Å². The molecule has 0 aromatic heterocycles. The van der Waals surface area contributed by atoms with E-state index in [2.05, 4.69) is 13.2 Å². The summed E-state index contributed by atoms with van der Waals surface area (Å²) < 4.78 is 27.9. The van der Waals surface area contributed by atoms with Crippen LogP contribution in [0.25, 0.3) is 0 Å². The minimum Gasteiger partial charge on any atom is -0.375 e. The van der Waals surface area contributed by atoms with Crippen LogP contribution in [0, 0.1) is 0 Å². The molecule has 0 aromatic rings. The number of ether oxygens (including phenoxy) is 5. The summed E-state index contributed by atoms with van der Waals surface area (Å²) in [4.78, 5) is 0. The van der Waals surface area contributed by atoms with E-state index in [1.807, 2.05) is 27.7 Å². The summed E-state index contributed by atoms with van der Waals surface area (Å²) in [6.45, 7) is 18.4. The van der Waals surface area contributed by atoms with Gasteiger partial charge in [-0.05, 0) is 27.7 Å². The first kappa shape index (κ1) is 22.3. The van der Waals surface area contributed by atoms with Crippen LogP contribution in [0.1, 0.15) is 27.7 Å². The molecule has 0 heterocycles. The molecule has 0 saturated carbocycles. The van der Waals surface area contributed by atoms with E-state index in [4.69, 9.17) is 23.7 Å². The van der Waals surface area contributed by atoms with Crippen LogP contribution in [0.15, 0.2) is 25.3 Å². The Morgan fingerprint density at radius 1 is 0.609 bits per heavy atom. The molecule has 0 rings (SSSR count). The fourth-order valence-corrected chi connectivity index (χ4v) is 1.64. The van der Waals surface area contributed by atoms with Gasteiger partial charge in [0.1, 0.15) is 0 Å². The lowest BCUT2D eigenvalue weighted by molar-refractivity contribution is -0.0898. The van der Waals surface area contributed by atoms with Gasteiger partial charge in [-0.2, -0.15) is 0 Å². The van der Waals surface area contributed by atoms with Crippen molar-refractivity contribution in [3.63, 3.8) is 0 Å². The van der Waals surface area contributed by atoms with Crippen LogP contribution in [-0.4, -0.2) is 64.1 Å². The fraction of sp³-hybridized carbons (Fsp3) is 0.778. The molecule has 0 bridgehead atoms. The van der Waals surface area contributed by atoms with Gasteiger partial charge in [-0.15, -0.1) is 13.2 Å². The summed E-state index contributed by atoms with van der Waals surface area (Å²) in [6.07, 6.45) is 3.57. The van der Waals surface area contributed by atoms with Crippen molar-refractivity contribution in [3.05, 3.63) is 25.3 Å². The van der Waals surface area contributed by atoms with Gasteiger partial charge < -0.3 is 23.7 Å². The summed E-state index contributed by atoms with van der Waals surface area (Å²) in [5, 5.41) is 0. The second-order valence-electron chi connectivity index (χ2n) is 5.69. The Balaban J connectivity index is 3.64. The molecular formula is C18H34O5. The molecule has 0 aromatic carbocycles. The van der Waals surface area contributed by atoms with Gasteiger partial charge in [0.05, 0.1) is 64.1 Å². The Hall–Kier alpha value is -0.720. The van der Waals surface area contributed by atoms with Crippen molar-refractivity contribution >= 4 is 0 Å². The maximum atomic E-state index is 5.73. The lowest BCUT2D eigenvalue weighted by atomic mass is 10.3. The van der Waals surface area contributed by atoms with Gasteiger partial charge in [-0.25, -0.2) is 0 Å². The zero-order valence-corrected chi connectivity index (χ0v) is 15.2. The van der Waals surface area contributed by atoms with Crippen molar-refractivity contribution in [1.29, 1.82) is 0 Å². The molecule has 5 nitrogen and oxygen atoms in total. The largest absolute Gasteiger partial charge is 0.375 e. The van der Waals surface area contributed by atoms with Gasteiger partial charge in [0.25, 0.3) is 0 Å². The van der Waals surface area contributed by atoms with Crippen molar-refractivity contribution in [2.24, 2.45) is 0 Å². The van der Waals surface area contributed by atoms with Crippen LogP contribution < -0.4 is 0 Å². The monoisotopic (exact) mass is 330 g/mol. The third-order valence-electron chi connectivity index (χ3n) is 2.93. The zero-order chi connectivity index (χ0) is 17.5. The number of hydrogen-bond acceptors (Lipinski definition) is 5. The van der Waals surface area contributed by atoms with E-state index in [9.17, 15) is 0 Å². The number of rotatable bonds is 16. The first-order valence-corrected chi connectivity index (χ1v) is 8.25. The molecule has 23 heavy (non-hydrogen) atoms. The molecule has 4 unspecified atom stereocenters. The molecule has 5 heteroatoms. The molecule has 0 saturated heterocycles. The summed E-state index contributed by atoms with van der Waals surface area (Å²) in [5.41, 5.74) is 0. The highest BCUT2D eigenvalue weighted by Crippen LogP contribution is 2.02. The number of hydrogen-bond donors (Lipinski definition) is 0. The third kappa shape index (κ3) is 14.6. The van der Waals surface area contributed by atoms with Gasteiger partial charge in [-0.1, -0.05) is 12.2 Å². The van der Waals surface area contributed by atoms with Crippen molar-refractivity contribution in [1.82, 2.24) is 0 Å². The van der Waals surface area contributed by atoms with Gasteiger partial charge in [0.15, 0.2) is 0 Å². The van der Waals surface area contributed by atoms with Gasteiger partial charge >= 0.3 is 0 Å². The quantitative estimate of drug-likeness (QED) is 0.322. The molecule has 0 aliphatic heterocycles. The topological polar surface area (TPSA) is 46.2 Å². The Kier molecular flexibility index (Phi) is 14.4. The first-order valence-electron chi connectivity index (χ1n) is 8.25. The van der Waals surface area contributed by atoms with E-state index >= 15 is 0 Å². The maximum Gasteiger partial charge on any atom is 0.0784 e. The van der Waals surface area contributed by atoms with Crippen molar-refractivity contribution in [3.8, 4) is 0 Å². The molecule has 0 aliphatic carbocycles. The molecule has 4 atom stereocenters. The van der Waals surface area contributed by atoms with E-state index in [0.717, 1.165) is 0 Å². The molecule has 0 radical (unpaired) electrons. The summed E-state index contributed by atoms with van der Waals surface area (Å²) in [6, 6.07) is 0. The van der Waals surface area contributed by atoms with Gasteiger partial charge in [0.2, 0.25) is 0 Å². The van der Waals surface area contributed by atoms with Gasteiger partial charge in [0, 0.05) is 0 Å². The van der Waals surface area contributed by atoms with Crippen molar-refractivity contribution in [2.75, 3.05) is 39.6 Å². The lowest BCUT2D eigenvalue weighted by Crippen LogP contribution is -2.28. The molecule has 0 fully saturated rings. The highest BCUT2D eigenvalue weighted by molar-refractivity contribution is 4.66. The Morgan fingerprint density at radius 2 is 1.00 bits per heavy atom. The van der Waals surface area contributed by atoms with E-state index < -0.39 is 0 Å². The van der Waals surface area contributed by atoms with Gasteiger partial charge in [-0.3, -0.25) is 0 Å². The normalized spacial score (nSPS) is 16.5. The van der Waals surface area contributed by atoms with Crippen LogP contribution >= 0.6 is 0 Å². The second kappa shape index (κ2) is 14.8.